The lowest BCUT2D eigenvalue weighted by atomic mass is 10.2. The molecule has 0 saturated carbocycles. The number of nitro groups is 1. The Balaban J connectivity index is 1.96. The van der Waals surface area contributed by atoms with Crippen LogP contribution in [0.15, 0.2) is 28.7 Å². The zero-order valence-electron chi connectivity index (χ0n) is 11.5. The third kappa shape index (κ3) is 4.09. The molecule has 1 aromatic heterocycles. The first kappa shape index (κ1) is 15.6. The lowest BCUT2D eigenvalue weighted by Crippen LogP contribution is -2.19. The summed E-state index contributed by atoms with van der Waals surface area (Å²) in [4.78, 5) is 25.7. The van der Waals surface area contributed by atoms with Crippen molar-refractivity contribution in [1.29, 1.82) is 0 Å². The molecule has 22 heavy (non-hydrogen) atoms. The molecule has 0 atom stereocenters. The van der Waals surface area contributed by atoms with E-state index in [-0.39, 0.29) is 12.3 Å². The Kier molecular flexibility index (Phi) is 4.79. The van der Waals surface area contributed by atoms with E-state index in [2.05, 4.69) is 15.5 Å². The van der Waals surface area contributed by atoms with E-state index in [4.69, 9.17) is 0 Å². The van der Waals surface area contributed by atoms with Crippen LogP contribution in [-0.4, -0.2) is 22.0 Å². The number of thiazole rings is 1. The quantitative estimate of drug-likeness (QED) is 0.503. The molecule has 0 aliphatic rings. The molecule has 0 radical (unpaired) electrons. The fraction of sp³-hybridized carbons (Fsp3) is 0.154. The molecule has 1 N–H and O–H groups in total. The van der Waals surface area contributed by atoms with Gasteiger partial charge in [-0.25, -0.2) is 10.4 Å². The normalized spacial score (nSPS) is 10.8. The number of benzene rings is 1. The number of hydrogen-bond acceptors (Lipinski definition) is 7. The van der Waals surface area contributed by atoms with Gasteiger partial charge < -0.3 is 5.11 Å². The van der Waals surface area contributed by atoms with Gasteiger partial charge >= 0.3 is 0 Å². The van der Waals surface area contributed by atoms with Crippen LogP contribution in [0.4, 0.5) is 5.69 Å². The van der Waals surface area contributed by atoms with Crippen LogP contribution < -0.4 is 10.5 Å². The molecule has 114 valence electrons. The summed E-state index contributed by atoms with van der Waals surface area (Å²) >= 11 is 1.45. The lowest BCUT2D eigenvalue weighted by molar-refractivity contribution is -0.398. The zero-order chi connectivity index (χ0) is 16.1. The number of aryl methyl sites for hydroxylation is 1. The van der Waals surface area contributed by atoms with Gasteiger partial charge in [-0.2, -0.15) is 5.10 Å². The number of rotatable bonds is 5. The molecule has 0 spiro atoms. The lowest BCUT2D eigenvalue weighted by Gasteiger charge is -2.05. The maximum absolute atomic E-state index is 11.6. The van der Waals surface area contributed by atoms with Gasteiger partial charge in [0.05, 0.1) is 28.3 Å². The molecule has 9 heteroatoms. The van der Waals surface area contributed by atoms with E-state index in [1.165, 1.54) is 23.6 Å². The summed E-state index contributed by atoms with van der Waals surface area (Å²) in [5, 5.41) is 28.2. The van der Waals surface area contributed by atoms with Gasteiger partial charge in [-0.1, -0.05) is 12.1 Å². The summed E-state index contributed by atoms with van der Waals surface area (Å²) in [6.07, 6.45) is 1.33. The maximum Gasteiger partial charge on any atom is 0.262 e. The number of nitrogens with zero attached hydrogens (tertiary/aromatic N) is 3. The van der Waals surface area contributed by atoms with Crippen LogP contribution in [0.25, 0.3) is 0 Å². The van der Waals surface area contributed by atoms with Gasteiger partial charge in [-0.05, 0) is 12.7 Å². The van der Waals surface area contributed by atoms with E-state index in [0.29, 0.717) is 11.3 Å². The first-order valence-corrected chi connectivity index (χ1v) is 7.02. The van der Waals surface area contributed by atoms with Gasteiger partial charge in [0.2, 0.25) is 5.91 Å². The average molecular weight is 319 g/mol. The van der Waals surface area contributed by atoms with E-state index < -0.39 is 16.4 Å². The Morgan fingerprint density at radius 1 is 1.55 bits per heavy atom. The number of hydrogen-bond donors (Lipinski definition) is 1. The molecule has 1 amide bonds. The number of carbonyl (C=O) groups excluding carboxylic acids is 1. The topological polar surface area (TPSA) is 121 Å². The highest BCUT2D eigenvalue weighted by molar-refractivity contribution is 7.09. The molecule has 0 aliphatic carbocycles. The second kappa shape index (κ2) is 6.76. The van der Waals surface area contributed by atoms with Gasteiger partial charge in [-0.15, -0.1) is 11.3 Å². The van der Waals surface area contributed by atoms with E-state index in [1.807, 2.05) is 6.92 Å². The Hall–Kier alpha value is -2.81. The van der Waals surface area contributed by atoms with Gasteiger partial charge in [-0.3, -0.25) is 14.9 Å². The highest BCUT2D eigenvalue weighted by atomic mass is 32.1. The minimum Gasteiger partial charge on any atom is -0.868 e. The molecule has 0 aliphatic heterocycles. The first-order chi connectivity index (χ1) is 10.5. The molecule has 0 bridgehead atoms. The van der Waals surface area contributed by atoms with Crippen molar-refractivity contribution in [1.82, 2.24) is 10.4 Å². The van der Waals surface area contributed by atoms with Crippen molar-refractivity contribution in [3.63, 3.8) is 0 Å². The van der Waals surface area contributed by atoms with E-state index in [9.17, 15) is 20.0 Å². The Morgan fingerprint density at radius 3 is 2.95 bits per heavy atom. The van der Waals surface area contributed by atoms with Gasteiger partial charge in [0.1, 0.15) is 0 Å². The van der Waals surface area contributed by atoms with Crippen molar-refractivity contribution in [3.8, 4) is 5.75 Å². The van der Waals surface area contributed by atoms with Crippen LogP contribution in [0.3, 0.4) is 0 Å². The average Bonchev–Trinajstić information content (AvgIpc) is 2.85. The predicted octanol–water partition coefficient (Wildman–Crippen LogP) is 1.13. The summed E-state index contributed by atoms with van der Waals surface area (Å²) in [7, 11) is 0. The predicted molar refractivity (Wildman–Crippen MR) is 78.8 cm³/mol. The smallest absolute Gasteiger partial charge is 0.262 e. The summed E-state index contributed by atoms with van der Waals surface area (Å²) in [6.45, 7) is 1.84. The molecular weight excluding hydrogens is 308 g/mol. The second-order valence-electron chi connectivity index (χ2n) is 4.31. The van der Waals surface area contributed by atoms with Crippen LogP contribution >= 0.6 is 11.3 Å². The molecule has 0 fully saturated rings. The second-order valence-corrected chi connectivity index (χ2v) is 5.37. The number of aromatic nitrogens is 1. The van der Waals surface area contributed by atoms with E-state index >= 15 is 0 Å². The summed E-state index contributed by atoms with van der Waals surface area (Å²) < 4.78 is 0. The van der Waals surface area contributed by atoms with Gasteiger partial charge in [0.25, 0.3) is 5.69 Å². The zero-order valence-corrected chi connectivity index (χ0v) is 12.3. The number of amides is 1. The largest absolute Gasteiger partial charge is 0.868 e. The van der Waals surface area contributed by atoms with Crippen molar-refractivity contribution < 1.29 is 14.8 Å². The van der Waals surface area contributed by atoms with Gasteiger partial charge in [0, 0.05) is 17.0 Å². The molecular formula is C13H11N4O4S-. The van der Waals surface area contributed by atoms with Gasteiger partial charge in [0.15, 0.2) is 0 Å². The molecule has 2 rings (SSSR count). The molecule has 0 unspecified atom stereocenters. The first-order valence-electron chi connectivity index (χ1n) is 6.14. The van der Waals surface area contributed by atoms with Crippen molar-refractivity contribution >= 4 is 29.1 Å². The Morgan fingerprint density at radius 2 is 2.32 bits per heavy atom. The summed E-state index contributed by atoms with van der Waals surface area (Å²) in [5.41, 5.74) is 2.76. The Labute approximate surface area is 129 Å². The fourth-order valence-electron chi connectivity index (χ4n) is 1.63. The maximum atomic E-state index is 11.6. The third-order valence-electron chi connectivity index (χ3n) is 2.59. The molecule has 2 aromatic rings. The molecule has 0 saturated heterocycles. The number of carbonyl (C=O) groups is 1. The number of nitro benzene ring substituents is 1. The fourth-order valence-corrected chi connectivity index (χ4v) is 2.24. The van der Waals surface area contributed by atoms with Crippen LogP contribution in [0, 0.1) is 17.0 Å². The Bertz CT molecular complexity index is 741. The molecule has 8 nitrogen and oxygen atoms in total. The monoisotopic (exact) mass is 319 g/mol. The number of hydrazone groups is 1. The van der Waals surface area contributed by atoms with Crippen LogP contribution in [-0.2, 0) is 11.2 Å². The minimum absolute atomic E-state index is 0.0985. The van der Waals surface area contributed by atoms with Crippen molar-refractivity contribution in [2.24, 2.45) is 5.10 Å². The van der Waals surface area contributed by atoms with Crippen LogP contribution in [0.5, 0.6) is 5.75 Å². The summed E-state index contributed by atoms with van der Waals surface area (Å²) in [6, 6.07) is 3.57. The SMILES string of the molecule is Cc1nc(CC(=O)N/N=C\c2ccc([O-])c([N+](=O)[O-])c2)cs1. The highest BCUT2D eigenvalue weighted by Gasteiger charge is 2.07. The number of nitrogens with one attached hydrogen (secondary N) is 1. The minimum atomic E-state index is -0.761. The van der Waals surface area contributed by atoms with Crippen molar-refractivity contribution in [2.75, 3.05) is 0 Å². The molecule has 1 aromatic carbocycles. The van der Waals surface area contributed by atoms with E-state index in [0.717, 1.165) is 17.1 Å². The molecule has 1 heterocycles. The van der Waals surface area contributed by atoms with Crippen molar-refractivity contribution in [3.05, 3.63) is 50.0 Å². The summed E-state index contributed by atoms with van der Waals surface area (Å²) in [5.74, 6) is -1.03. The standard InChI is InChI=1S/C13H12N4O4S/c1-8-15-10(7-22-8)5-13(19)16-14-6-9-2-3-12(18)11(4-9)17(20)21/h2-4,6-7,18H,5H2,1H3,(H,16,19)/p-1/b14-6-. The third-order valence-corrected chi connectivity index (χ3v) is 3.41. The van der Waals surface area contributed by atoms with Crippen molar-refractivity contribution in [2.45, 2.75) is 13.3 Å². The van der Waals surface area contributed by atoms with Crippen LogP contribution in [0.2, 0.25) is 0 Å². The van der Waals surface area contributed by atoms with E-state index in [1.54, 1.807) is 5.38 Å². The highest BCUT2D eigenvalue weighted by Crippen LogP contribution is 2.22. The van der Waals surface area contributed by atoms with Crippen LogP contribution in [0.1, 0.15) is 16.3 Å².